The molecule has 0 amide bonds. The van der Waals surface area contributed by atoms with Crippen molar-refractivity contribution in [1.29, 1.82) is 0 Å². The van der Waals surface area contributed by atoms with E-state index in [4.69, 9.17) is 4.18 Å². The average molecular weight is 268 g/mol. The summed E-state index contributed by atoms with van der Waals surface area (Å²) in [5, 5.41) is 0. The molecule has 2 aliphatic rings. The Morgan fingerprint density at radius 2 is 1.93 bits per heavy atom. The van der Waals surface area contributed by atoms with Crippen LogP contribution in [-0.4, -0.2) is 36.4 Å². The van der Waals surface area contributed by atoms with Crippen molar-refractivity contribution in [3.63, 3.8) is 0 Å². The second-order valence-corrected chi connectivity index (χ2v) is 8.75. The van der Waals surface area contributed by atoms with Crippen LogP contribution < -0.4 is 0 Å². The van der Waals surface area contributed by atoms with Crippen LogP contribution in [0.1, 0.15) is 25.7 Å². The molecule has 1 heterocycles. The molecule has 1 unspecified atom stereocenters. The standard InChI is InChI=1S/C9H16O3S3/c1-15(10,11)12-8-4-2-3-5-9(8)13-6-7-14-9/h8H,2-7H2,1H3. The van der Waals surface area contributed by atoms with Crippen LogP contribution in [0.3, 0.4) is 0 Å². The molecule has 0 aromatic rings. The number of thioether (sulfide) groups is 2. The van der Waals surface area contributed by atoms with Crippen molar-refractivity contribution in [2.75, 3.05) is 17.8 Å². The topological polar surface area (TPSA) is 43.4 Å². The van der Waals surface area contributed by atoms with Gasteiger partial charge in [0.1, 0.15) is 6.10 Å². The first-order valence-corrected chi connectivity index (χ1v) is 8.97. The minimum Gasteiger partial charge on any atom is -0.265 e. The Kier molecular flexibility index (Phi) is 3.60. The van der Waals surface area contributed by atoms with E-state index in [-0.39, 0.29) is 10.2 Å². The van der Waals surface area contributed by atoms with Gasteiger partial charge in [0.05, 0.1) is 10.3 Å². The summed E-state index contributed by atoms with van der Waals surface area (Å²) in [5.74, 6) is 2.24. The normalized spacial score (nSPS) is 30.9. The van der Waals surface area contributed by atoms with Crippen LogP contribution in [0.5, 0.6) is 0 Å². The second kappa shape index (κ2) is 4.47. The third-order valence-electron chi connectivity index (χ3n) is 2.80. The van der Waals surface area contributed by atoms with Crippen LogP contribution >= 0.6 is 23.5 Å². The van der Waals surface area contributed by atoms with Gasteiger partial charge in [-0.2, -0.15) is 8.42 Å². The van der Waals surface area contributed by atoms with E-state index in [9.17, 15) is 8.42 Å². The van der Waals surface area contributed by atoms with Gasteiger partial charge in [-0.15, -0.1) is 23.5 Å². The van der Waals surface area contributed by atoms with Crippen LogP contribution in [0.2, 0.25) is 0 Å². The summed E-state index contributed by atoms with van der Waals surface area (Å²) < 4.78 is 27.7. The van der Waals surface area contributed by atoms with Crippen LogP contribution in [0, 0.1) is 0 Å². The number of rotatable bonds is 2. The third kappa shape index (κ3) is 2.84. The van der Waals surface area contributed by atoms with Crippen LogP contribution in [-0.2, 0) is 14.3 Å². The van der Waals surface area contributed by atoms with E-state index in [1.54, 1.807) is 0 Å². The maximum absolute atomic E-state index is 11.2. The average Bonchev–Trinajstić information content (AvgIpc) is 2.57. The minimum atomic E-state index is -3.31. The summed E-state index contributed by atoms with van der Waals surface area (Å²) in [6, 6.07) is 0. The van der Waals surface area contributed by atoms with Gasteiger partial charge in [0.25, 0.3) is 10.1 Å². The molecule has 0 N–H and O–H groups in total. The third-order valence-corrected chi connectivity index (χ3v) is 7.07. The molecule has 0 bridgehead atoms. The van der Waals surface area contributed by atoms with E-state index in [1.165, 1.54) is 6.42 Å². The monoisotopic (exact) mass is 268 g/mol. The molecule has 1 saturated heterocycles. The van der Waals surface area contributed by atoms with E-state index < -0.39 is 10.1 Å². The van der Waals surface area contributed by atoms with Crippen molar-refractivity contribution in [2.45, 2.75) is 35.9 Å². The number of hydrogen-bond acceptors (Lipinski definition) is 5. The molecule has 1 aliphatic carbocycles. The predicted octanol–water partition coefficient (Wildman–Crippen LogP) is 2.08. The molecule has 1 spiro atoms. The summed E-state index contributed by atoms with van der Waals surface area (Å²) >= 11 is 3.78. The Labute approximate surface area is 99.8 Å². The molecule has 3 nitrogen and oxygen atoms in total. The van der Waals surface area contributed by atoms with Gasteiger partial charge >= 0.3 is 0 Å². The zero-order valence-electron chi connectivity index (χ0n) is 8.77. The Morgan fingerprint density at radius 3 is 2.53 bits per heavy atom. The quantitative estimate of drug-likeness (QED) is 0.717. The highest BCUT2D eigenvalue weighted by Gasteiger charge is 2.46. The van der Waals surface area contributed by atoms with Crippen molar-refractivity contribution in [1.82, 2.24) is 0 Å². The second-order valence-electron chi connectivity index (χ2n) is 4.04. The molecule has 15 heavy (non-hydrogen) atoms. The van der Waals surface area contributed by atoms with Crippen LogP contribution in [0.15, 0.2) is 0 Å². The highest BCUT2D eigenvalue weighted by atomic mass is 32.2. The van der Waals surface area contributed by atoms with Crippen molar-refractivity contribution in [3.05, 3.63) is 0 Å². The molecule has 6 heteroatoms. The van der Waals surface area contributed by atoms with Gasteiger partial charge in [-0.05, 0) is 12.8 Å². The maximum Gasteiger partial charge on any atom is 0.264 e. The van der Waals surface area contributed by atoms with Crippen molar-refractivity contribution in [3.8, 4) is 0 Å². The van der Waals surface area contributed by atoms with Gasteiger partial charge in [-0.1, -0.05) is 12.8 Å². The lowest BCUT2D eigenvalue weighted by Gasteiger charge is -2.38. The highest BCUT2D eigenvalue weighted by molar-refractivity contribution is 8.21. The Morgan fingerprint density at radius 1 is 1.27 bits per heavy atom. The van der Waals surface area contributed by atoms with Crippen LogP contribution in [0.4, 0.5) is 0 Å². The van der Waals surface area contributed by atoms with Gasteiger partial charge in [-0.3, -0.25) is 4.18 Å². The minimum absolute atomic E-state index is 0.0291. The summed E-state index contributed by atoms with van der Waals surface area (Å²) in [7, 11) is -3.31. The first kappa shape index (κ1) is 12.1. The Bertz CT molecular complexity index is 319. The summed E-state index contributed by atoms with van der Waals surface area (Å²) in [6.45, 7) is 0. The van der Waals surface area contributed by atoms with Gasteiger partial charge < -0.3 is 0 Å². The van der Waals surface area contributed by atoms with E-state index in [0.29, 0.717) is 0 Å². The predicted molar refractivity (Wildman–Crippen MR) is 65.8 cm³/mol. The summed E-state index contributed by atoms with van der Waals surface area (Å²) in [5.41, 5.74) is 0. The van der Waals surface area contributed by atoms with Gasteiger partial charge in [0.2, 0.25) is 0 Å². The first-order chi connectivity index (χ1) is 7.02. The Hall–Kier alpha value is 0.610. The maximum atomic E-state index is 11.2. The molecular formula is C9H16O3S3. The molecule has 1 atom stereocenters. The van der Waals surface area contributed by atoms with E-state index in [1.807, 2.05) is 23.5 Å². The summed E-state index contributed by atoms with van der Waals surface area (Å²) in [4.78, 5) is 0. The molecule has 1 saturated carbocycles. The van der Waals surface area contributed by atoms with E-state index >= 15 is 0 Å². The largest absolute Gasteiger partial charge is 0.265 e. The lowest BCUT2D eigenvalue weighted by atomic mass is 9.97. The highest BCUT2D eigenvalue weighted by Crippen LogP contribution is 2.54. The molecule has 0 radical (unpaired) electrons. The van der Waals surface area contributed by atoms with Crippen molar-refractivity contribution in [2.24, 2.45) is 0 Å². The number of hydrogen-bond donors (Lipinski definition) is 0. The SMILES string of the molecule is CS(=O)(=O)OC1CCCCC12SCCS2. The zero-order valence-corrected chi connectivity index (χ0v) is 11.2. The van der Waals surface area contributed by atoms with E-state index in [2.05, 4.69) is 0 Å². The fraction of sp³-hybridized carbons (Fsp3) is 1.00. The molecular weight excluding hydrogens is 252 g/mol. The Balaban J connectivity index is 2.12. The van der Waals surface area contributed by atoms with Gasteiger partial charge in [0, 0.05) is 11.5 Å². The van der Waals surface area contributed by atoms with Crippen molar-refractivity contribution >= 4 is 33.6 Å². The smallest absolute Gasteiger partial charge is 0.264 e. The zero-order chi connectivity index (χ0) is 10.9. The lowest BCUT2D eigenvalue weighted by molar-refractivity contribution is 0.159. The van der Waals surface area contributed by atoms with E-state index in [0.717, 1.165) is 37.0 Å². The lowest BCUT2D eigenvalue weighted by Crippen LogP contribution is -2.40. The first-order valence-electron chi connectivity index (χ1n) is 5.18. The molecule has 88 valence electrons. The fourth-order valence-electron chi connectivity index (χ4n) is 2.22. The fourth-order valence-corrected chi connectivity index (χ4v) is 6.49. The molecule has 0 aromatic carbocycles. The van der Waals surface area contributed by atoms with Gasteiger partial charge in [0.15, 0.2) is 0 Å². The van der Waals surface area contributed by atoms with Gasteiger partial charge in [-0.25, -0.2) is 0 Å². The molecule has 1 aliphatic heterocycles. The van der Waals surface area contributed by atoms with Crippen molar-refractivity contribution < 1.29 is 12.6 Å². The molecule has 0 aromatic heterocycles. The van der Waals surface area contributed by atoms with Crippen LogP contribution in [0.25, 0.3) is 0 Å². The summed E-state index contributed by atoms with van der Waals surface area (Å²) in [6.07, 6.45) is 5.29. The molecule has 2 fully saturated rings. The molecule has 2 rings (SSSR count).